The van der Waals surface area contributed by atoms with Gasteiger partial charge in [0.1, 0.15) is 5.82 Å². The van der Waals surface area contributed by atoms with E-state index in [9.17, 15) is 9.59 Å². The van der Waals surface area contributed by atoms with Crippen molar-refractivity contribution in [2.45, 2.75) is 46.1 Å². The lowest BCUT2D eigenvalue weighted by Crippen LogP contribution is -2.24. The van der Waals surface area contributed by atoms with Crippen molar-refractivity contribution in [2.75, 3.05) is 6.61 Å². The van der Waals surface area contributed by atoms with Gasteiger partial charge in [0.2, 0.25) is 0 Å². The van der Waals surface area contributed by atoms with E-state index in [1.165, 1.54) is 17.8 Å². The number of carbonyl (C=O) groups is 1. The zero-order valence-electron chi connectivity index (χ0n) is 19.2. The molecule has 0 spiro atoms. The molecule has 2 aromatic carbocycles. The molecular weight excluding hydrogens is 526 g/mol. The van der Waals surface area contributed by atoms with Crippen LogP contribution in [0.3, 0.4) is 0 Å². The summed E-state index contributed by atoms with van der Waals surface area (Å²) in [6.45, 7) is 7.50. The summed E-state index contributed by atoms with van der Waals surface area (Å²) in [6.07, 6.45) is 1.14. The molecule has 2 atom stereocenters. The first-order chi connectivity index (χ1) is 16.2. The van der Waals surface area contributed by atoms with E-state index in [0.29, 0.717) is 28.9 Å². The molecule has 0 bridgehead atoms. The van der Waals surface area contributed by atoms with Crippen LogP contribution in [0.4, 0.5) is 0 Å². The minimum absolute atomic E-state index is 0.00578. The summed E-state index contributed by atoms with van der Waals surface area (Å²) in [6, 6.07) is 8.55. The van der Waals surface area contributed by atoms with Crippen molar-refractivity contribution in [1.29, 1.82) is 0 Å². The van der Waals surface area contributed by atoms with Gasteiger partial charge in [-0.15, -0.1) is 0 Å². The number of carboxylic acids is 1. The summed E-state index contributed by atoms with van der Waals surface area (Å²) >= 11 is 9.79. The average Bonchev–Trinajstić information content (AvgIpc) is 2.80. The Kier molecular flexibility index (Phi) is 8.33. The second kappa shape index (κ2) is 11.0. The van der Waals surface area contributed by atoms with Gasteiger partial charge in [-0.2, -0.15) is 9.78 Å². The van der Waals surface area contributed by atoms with Gasteiger partial charge in [-0.1, -0.05) is 41.4 Å². The maximum absolute atomic E-state index is 13.3. The molecule has 0 aliphatic heterocycles. The molecule has 0 aliphatic rings. The molecule has 8 nitrogen and oxygen atoms in total. The number of hydrogen-bond acceptors (Lipinski definition) is 6. The Balaban J connectivity index is 2.11. The number of benzene rings is 2. The van der Waals surface area contributed by atoms with Crippen LogP contribution in [0, 0.1) is 0 Å². The van der Waals surface area contributed by atoms with Crippen molar-refractivity contribution >= 4 is 50.6 Å². The maximum Gasteiger partial charge on any atom is 0.344 e. The van der Waals surface area contributed by atoms with Gasteiger partial charge in [-0.3, -0.25) is 4.79 Å². The predicted molar refractivity (Wildman–Crippen MR) is 136 cm³/mol. The van der Waals surface area contributed by atoms with Crippen molar-refractivity contribution < 1.29 is 19.4 Å². The highest BCUT2D eigenvalue weighted by Gasteiger charge is 2.20. The molecule has 0 saturated carbocycles. The number of aromatic nitrogens is 2. The molecule has 180 valence electrons. The second-order valence-electron chi connectivity index (χ2n) is 7.66. The molecule has 0 amide bonds. The Hall–Kier alpha value is -2.91. The Morgan fingerprint density at radius 3 is 2.68 bits per heavy atom. The molecule has 3 aromatic rings. The summed E-state index contributed by atoms with van der Waals surface area (Å²) in [4.78, 5) is 29.2. The van der Waals surface area contributed by atoms with Crippen LogP contribution in [0.1, 0.15) is 51.4 Å². The molecular formula is C24H25BrClN3O5. The van der Waals surface area contributed by atoms with Crippen molar-refractivity contribution in [1.82, 2.24) is 9.66 Å². The van der Waals surface area contributed by atoms with E-state index in [4.69, 9.17) is 26.2 Å². The Labute approximate surface area is 210 Å². The van der Waals surface area contributed by atoms with Crippen LogP contribution in [0.25, 0.3) is 10.9 Å². The number of ether oxygens (including phenoxy) is 2. The number of nitrogens with zero attached hydrogens (tertiary/aromatic N) is 3. The third kappa shape index (κ3) is 5.59. The SMILES string of the molecule is CCOc1cc(C=Nn2c([C@@H](C)CC)nc3ccc(Br)cc3c2=O)cc(Cl)c1O[C@H](C)C(=O)O. The molecule has 0 unspecified atom stereocenters. The molecule has 1 heterocycles. The molecule has 1 aromatic heterocycles. The number of aliphatic carboxylic acids is 1. The summed E-state index contributed by atoms with van der Waals surface area (Å²) in [7, 11) is 0. The molecule has 1 N–H and O–H groups in total. The number of hydrogen-bond donors (Lipinski definition) is 1. The van der Waals surface area contributed by atoms with Crippen LogP contribution in [0.15, 0.2) is 44.7 Å². The lowest BCUT2D eigenvalue weighted by molar-refractivity contribution is -0.144. The zero-order chi connectivity index (χ0) is 25.0. The van der Waals surface area contributed by atoms with E-state index >= 15 is 0 Å². The first-order valence-electron chi connectivity index (χ1n) is 10.8. The van der Waals surface area contributed by atoms with E-state index in [1.807, 2.05) is 19.9 Å². The van der Waals surface area contributed by atoms with Gasteiger partial charge in [0, 0.05) is 10.4 Å². The van der Waals surface area contributed by atoms with Gasteiger partial charge >= 0.3 is 5.97 Å². The maximum atomic E-state index is 13.3. The Morgan fingerprint density at radius 1 is 1.29 bits per heavy atom. The fourth-order valence-corrected chi connectivity index (χ4v) is 3.80. The van der Waals surface area contributed by atoms with Crippen molar-refractivity contribution in [3.63, 3.8) is 0 Å². The first-order valence-corrected chi connectivity index (χ1v) is 12.0. The summed E-state index contributed by atoms with van der Waals surface area (Å²) in [5.74, 6) is -0.180. The van der Waals surface area contributed by atoms with Crippen LogP contribution in [0.5, 0.6) is 11.5 Å². The van der Waals surface area contributed by atoms with Crippen LogP contribution < -0.4 is 15.0 Å². The molecule has 0 aliphatic carbocycles. The third-order valence-electron chi connectivity index (χ3n) is 5.18. The fourth-order valence-electron chi connectivity index (χ4n) is 3.17. The van der Waals surface area contributed by atoms with E-state index in [0.717, 1.165) is 10.9 Å². The minimum Gasteiger partial charge on any atom is -0.490 e. The molecule has 0 saturated heterocycles. The van der Waals surface area contributed by atoms with E-state index in [1.54, 1.807) is 31.2 Å². The van der Waals surface area contributed by atoms with Gasteiger partial charge in [0.25, 0.3) is 5.56 Å². The van der Waals surface area contributed by atoms with Crippen LogP contribution in [-0.2, 0) is 4.79 Å². The van der Waals surface area contributed by atoms with Crippen LogP contribution in [-0.4, -0.2) is 39.7 Å². The van der Waals surface area contributed by atoms with Crippen LogP contribution >= 0.6 is 27.5 Å². The molecule has 0 radical (unpaired) electrons. The van der Waals surface area contributed by atoms with E-state index < -0.39 is 12.1 Å². The van der Waals surface area contributed by atoms with Gasteiger partial charge < -0.3 is 14.6 Å². The smallest absolute Gasteiger partial charge is 0.344 e. The average molecular weight is 551 g/mol. The van der Waals surface area contributed by atoms with Crippen molar-refractivity contribution in [3.8, 4) is 11.5 Å². The zero-order valence-corrected chi connectivity index (χ0v) is 21.6. The van der Waals surface area contributed by atoms with E-state index in [-0.39, 0.29) is 28.0 Å². The number of halogens is 2. The second-order valence-corrected chi connectivity index (χ2v) is 8.99. The highest BCUT2D eigenvalue weighted by Crippen LogP contribution is 2.37. The topological polar surface area (TPSA) is 103 Å². The molecule has 0 fully saturated rings. The Bertz CT molecular complexity index is 1310. The van der Waals surface area contributed by atoms with E-state index in [2.05, 4.69) is 26.0 Å². The van der Waals surface area contributed by atoms with Crippen LogP contribution in [0.2, 0.25) is 5.02 Å². The van der Waals surface area contributed by atoms with Gasteiger partial charge in [0.15, 0.2) is 17.6 Å². The largest absolute Gasteiger partial charge is 0.490 e. The first kappa shape index (κ1) is 25.7. The van der Waals surface area contributed by atoms with Crippen molar-refractivity contribution in [3.05, 3.63) is 61.6 Å². The Morgan fingerprint density at radius 2 is 2.03 bits per heavy atom. The predicted octanol–water partition coefficient (Wildman–Crippen LogP) is 5.46. The normalized spacial score (nSPS) is 13.2. The highest BCUT2D eigenvalue weighted by atomic mass is 79.9. The number of fused-ring (bicyclic) bond motifs is 1. The summed E-state index contributed by atoms with van der Waals surface area (Å²) in [5, 5.41) is 14.2. The highest BCUT2D eigenvalue weighted by molar-refractivity contribution is 9.10. The third-order valence-corrected chi connectivity index (χ3v) is 5.96. The number of rotatable bonds is 9. The fraction of sp³-hybridized carbons (Fsp3) is 0.333. The monoisotopic (exact) mass is 549 g/mol. The lowest BCUT2D eigenvalue weighted by Gasteiger charge is -2.17. The lowest BCUT2D eigenvalue weighted by atomic mass is 10.1. The molecule has 34 heavy (non-hydrogen) atoms. The van der Waals surface area contributed by atoms with Crippen molar-refractivity contribution in [2.24, 2.45) is 5.10 Å². The number of carboxylic acid groups (broad SMARTS) is 1. The van der Waals surface area contributed by atoms with Gasteiger partial charge in [-0.05, 0) is 56.2 Å². The standard InChI is InChI=1S/C24H25BrClN3O5/c1-5-13(3)22-28-19-8-7-16(25)11-17(19)23(30)29(22)27-12-15-9-18(26)21(20(10-15)33-6-2)34-14(4)24(31)32/h7-14H,5-6H2,1-4H3,(H,31,32)/t13-,14+/m0/s1. The molecule has 3 rings (SSSR count). The summed E-state index contributed by atoms with van der Waals surface area (Å²) < 4.78 is 13.2. The molecule has 10 heteroatoms. The summed E-state index contributed by atoms with van der Waals surface area (Å²) in [5.41, 5.74) is 0.856. The van der Waals surface area contributed by atoms with Gasteiger partial charge in [-0.25, -0.2) is 9.78 Å². The quantitative estimate of drug-likeness (QED) is 0.355. The van der Waals surface area contributed by atoms with Gasteiger partial charge in [0.05, 0.1) is 28.7 Å². The minimum atomic E-state index is -1.13.